The van der Waals surface area contributed by atoms with Crippen LogP contribution in [-0.2, 0) is 14.3 Å². The van der Waals surface area contributed by atoms with Crippen LogP contribution in [0.2, 0.25) is 25.1 Å². The van der Waals surface area contributed by atoms with Gasteiger partial charge in [0.05, 0.1) is 31.2 Å². The molecule has 7 nitrogen and oxygen atoms in total. The number of carbonyl (C=O) groups is 4. The third kappa shape index (κ3) is 4.40. The second-order valence-corrected chi connectivity index (χ2v) is 8.70. The van der Waals surface area contributed by atoms with Crippen molar-refractivity contribution in [2.45, 2.75) is 19.9 Å². The average molecular weight is 539 g/mol. The lowest BCUT2D eigenvalue weighted by atomic mass is 10.1. The normalized spacial score (nSPS) is 13.8. The molecular weight excluding hydrogens is 525 g/mol. The van der Waals surface area contributed by atoms with Crippen LogP contribution in [0.3, 0.4) is 0 Å². The van der Waals surface area contributed by atoms with Gasteiger partial charge in [-0.15, -0.1) is 0 Å². The molecule has 2 aromatic carbocycles. The number of carbonyl (C=O) groups excluding carboxylic acids is 4. The number of rotatable bonds is 5. The monoisotopic (exact) mass is 536 g/mol. The van der Waals surface area contributed by atoms with Crippen LogP contribution in [0.5, 0.6) is 0 Å². The van der Waals surface area contributed by atoms with Crippen LogP contribution in [0.15, 0.2) is 18.2 Å². The van der Waals surface area contributed by atoms with Crippen molar-refractivity contribution in [3.63, 3.8) is 0 Å². The molecule has 3 amide bonds. The van der Waals surface area contributed by atoms with Gasteiger partial charge in [0.1, 0.15) is 6.04 Å². The number of imide groups is 1. The molecule has 0 aliphatic carbocycles. The van der Waals surface area contributed by atoms with Gasteiger partial charge in [0.15, 0.2) is 6.61 Å². The molecule has 0 radical (unpaired) electrons. The maximum atomic E-state index is 12.8. The van der Waals surface area contributed by atoms with Crippen molar-refractivity contribution in [1.82, 2.24) is 4.90 Å². The van der Waals surface area contributed by atoms with Crippen LogP contribution in [0.25, 0.3) is 0 Å². The Morgan fingerprint density at radius 1 is 0.969 bits per heavy atom. The number of anilines is 1. The number of halogens is 5. The second kappa shape index (κ2) is 9.45. The van der Waals surface area contributed by atoms with E-state index >= 15 is 0 Å². The Labute approximate surface area is 207 Å². The molecule has 32 heavy (non-hydrogen) atoms. The predicted octanol–water partition coefficient (Wildman–Crippen LogP) is 5.43. The summed E-state index contributed by atoms with van der Waals surface area (Å²) in [5, 5.41) is 2.08. The van der Waals surface area contributed by atoms with E-state index in [1.54, 1.807) is 25.1 Å². The topological polar surface area (TPSA) is 92.8 Å². The lowest BCUT2D eigenvalue weighted by Gasteiger charge is -2.20. The Balaban J connectivity index is 1.70. The summed E-state index contributed by atoms with van der Waals surface area (Å²) >= 11 is 30.1. The van der Waals surface area contributed by atoms with Crippen molar-refractivity contribution < 1.29 is 23.9 Å². The average Bonchev–Trinajstić information content (AvgIpc) is 3.01. The van der Waals surface area contributed by atoms with Crippen LogP contribution in [0.4, 0.5) is 5.69 Å². The molecule has 1 N–H and O–H groups in total. The van der Waals surface area contributed by atoms with Gasteiger partial charge in [0, 0.05) is 10.7 Å². The fraction of sp³-hybridized carbons (Fsp3) is 0.200. The number of ether oxygens (including phenoxy) is 1. The van der Waals surface area contributed by atoms with Crippen LogP contribution >= 0.6 is 58.0 Å². The van der Waals surface area contributed by atoms with E-state index in [0.717, 1.165) is 5.56 Å². The van der Waals surface area contributed by atoms with Gasteiger partial charge < -0.3 is 10.1 Å². The van der Waals surface area contributed by atoms with Gasteiger partial charge in [0.25, 0.3) is 17.7 Å². The number of fused-ring (bicyclic) bond motifs is 1. The summed E-state index contributed by atoms with van der Waals surface area (Å²) < 4.78 is 4.96. The molecule has 12 heteroatoms. The molecule has 1 atom stereocenters. The lowest BCUT2D eigenvalue weighted by Crippen LogP contribution is -2.44. The highest BCUT2D eigenvalue weighted by atomic mass is 35.5. The Bertz CT molecular complexity index is 1140. The van der Waals surface area contributed by atoms with E-state index < -0.39 is 36.3 Å². The number of aryl methyl sites for hydroxylation is 1. The molecule has 1 aliphatic heterocycles. The van der Waals surface area contributed by atoms with Gasteiger partial charge in [-0.3, -0.25) is 19.3 Å². The second-order valence-electron chi connectivity index (χ2n) is 6.78. The molecule has 0 saturated carbocycles. The van der Waals surface area contributed by atoms with Gasteiger partial charge >= 0.3 is 5.97 Å². The van der Waals surface area contributed by atoms with E-state index in [1.165, 1.54) is 6.92 Å². The lowest BCUT2D eigenvalue weighted by molar-refractivity contribution is -0.150. The third-order valence-electron chi connectivity index (χ3n) is 4.66. The molecule has 0 spiro atoms. The highest BCUT2D eigenvalue weighted by Crippen LogP contribution is 2.45. The molecule has 0 unspecified atom stereocenters. The first-order valence-electron chi connectivity index (χ1n) is 8.92. The van der Waals surface area contributed by atoms with E-state index in [2.05, 4.69) is 5.32 Å². The zero-order chi connectivity index (χ0) is 23.9. The van der Waals surface area contributed by atoms with Crippen LogP contribution < -0.4 is 5.32 Å². The standard InChI is InChI=1S/C20H13Cl5N2O5/c1-7-3-4-9(5-10(7)21)26-11(28)6-32-20(31)8(2)27-18(29)12-13(19(27)30)15(23)17(25)16(24)14(12)22/h3-5,8H,6H2,1-2H3,(H,26,28)/t8-/m1/s1. The van der Waals surface area contributed by atoms with Crippen molar-refractivity contribution in [3.8, 4) is 0 Å². The first-order valence-corrected chi connectivity index (χ1v) is 10.8. The number of hydrogen-bond donors (Lipinski definition) is 1. The molecule has 0 bridgehead atoms. The summed E-state index contributed by atoms with van der Waals surface area (Å²) in [5.74, 6) is -3.42. The van der Waals surface area contributed by atoms with Crippen molar-refractivity contribution in [2.24, 2.45) is 0 Å². The van der Waals surface area contributed by atoms with E-state index in [0.29, 0.717) is 15.6 Å². The zero-order valence-electron chi connectivity index (χ0n) is 16.4. The minimum Gasteiger partial charge on any atom is -0.454 e. The van der Waals surface area contributed by atoms with Gasteiger partial charge in [0.2, 0.25) is 0 Å². The largest absolute Gasteiger partial charge is 0.454 e. The molecule has 1 heterocycles. The summed E-state index contributed by atoms with van der Waals surface area (Å²) in [4.78, 5) is 50.7. The van der Waals surface area contributed by atoms with E-state index in [-0.39, 0.29) is 31.2 Å². The Hall–Kier alpha value is -2.03. The molecule has 0 aromatic heterocycles. The molecule has 3 rings (SSSR count). The summed E-state index contributed by atoms with van der Waals surface area (Å²) in [6.45, 7) is 2.41. The Morgan fingerprint density at radius 3 is 2.00 bits per heavy atom. The van der Waals surface area contributed by atoms with Crippen LogP contribution in [0, 0.1) is 6.92 Å². The fourth-order valence-electron chi connectivity index (χ4n) is 2.95. The first-order chi connectivity index (χ1) is 15.0. The summed E-state index contributed by atoms with van der Waals surface area (Å²) in [7, 11) is 0. The van der Waals surface area contributed by atoms with Gasteiger partial charge in [-0.25, -0.2) is 4.79 Å². The quantitative estimate of drug-likeness (QED) is 0.237. The molecule has 0 fully saturated rings. The summed E-state index contributed by atoms with van der Waals surface area (Å²) in [5.41, 5.74) is 0.719. The molecular formula is C20H13Cl5N2O5. The predicted molar refractivity (Wildman–Crippen MR) is 122 cm³/mol. The van der Waals surface area contributed by atoms with Gasteiger partial charge in [-0.05, 0) is 31.5 Å². The first kappa shape index (κ1) is 24.6. The number of esters is 1. The maximum Gasteiger partial charge on any atom is 0.329 e. The minimum atomic E-state index is -1.38. The van der Waals surface area contributed by atoms with Crippen molar-refractivity contribution in [2.75, 3.05) is 11.9 Å². The Morgan fingerprint density at radius 2 is 1.50 bits per heavy atom. The van der Waals surface area contributed by atoms with Gasteiger partial charge in [-0.1, -0.05) is 64.1 Å². The summed E-state index contributed by atoms with van der Waals surface area (Å²) in [6, 6.07) is 3.51. The highest BCUT2D eigenvalue weighted by molar-refractivity contribution is 6.55. The van der Waals surface area contributed by atoms with Crippen molar-refractivity contribution in [3.05, 3.63) is 60.0 Å². The minimum absolute atomic E-state index is 0.191. The van der Waals surface area contributed by atoms with Crippen molar-refractivity contribution in [1.29, 1.82) is 0 Å². The Kier molecular flexibility index (Phi) is 7.27. The molecule has 1 aliphatic rings. The van der Waals surface area contributed by atoms with Crippen LogP contribution in [-0.4, -0.2) is 41.2 Å². The van der Waals surface area contributed by atoms with E-state index in [1.807, 2.05) is 0 Å². The number of amides is 3. The number of benzene rings is 2. The van der Waals surface area contributed by atoms with E-state index in [9.17, 15) is 19.2 Å². The number of nitrogens with one attached hydrogen (secondary N) is 1. The third-order valence-corrected chi connectivity index (χ3v) is 6.87. The summed E-state index contributed by atoms with van der Waals surface area (Å²) in [6.07, 6.45) is 0. The van der Waals surface area contributed by atoms with E-state index in [4.69, 9.17) is 62.7 Å². The SMILES string of the molecule is Cc1ccc(NC(=O)COC(=O)[C@@H](C)N2C(=O)c3c(Cl)c(Cl)c(Cl)c(Cl)c3C2=O)cc1Cl. The van der Waals surface area contributed by atoms with Gasteiger partial charge in [-0.2, -0.15) is 0 Å². The fourth-order valence-corrected chi connectivity index (χ4v) is 4.14. The smallest absolute Gasteiger partial charge is 0.329 e. The molecule has 0 saturated heterocycles. The molecule has 2 aromatic rings. The maximum absolute atomic E-state index is 12.8. The van der Waals surface area contributed by atoms with Crippen LogP contribution in [0.1, 0.15) is 33.2 Å². The van der Waals surface area contributed by atoms with Crippen molar-refractivity contribution >= 4 is 87.4 Å². The zero-order valence-corrected chi connectivity index (χ0v) is 20.2. The molecule has 168 valence electrons. The number of nitrogens with zero attached hydrogens (tertiary/aromatic N) is 1. The number of hydrogen-bond acceptors (Lipinski definition) is 5. The highest BCUT2D eigenvalue weighted by Gasteiger charge is 2.45.